The Morgan fingerprint density at radius 3 is 2.47 bits per heavy atom. The van der Waals surface area contributed by atoms with Crippen LogP contribution in [0.2, 0.25) is 0 Å². The molecule has 5 heteroatoms. The van der Waals surface area contributed by atoms with Gasteiger partial charge >= 0.3 is 0 Å². The normalized spacial score (nSPS) is 28.4. The second kappa shape index (κ2) is 3.91. The Balaban J connectivity index is 1.76. The summed E-state index contributed by atoms with van der Waals surface area (Å²) in [5.74, 6) is 0.296. The van der Waals surface area contributed by atoms with Crippen LogP contribution in [0.1, 0.15) is 20.3 Å². The van der Waals surface area contributed by atoms with Crippen LogP contribution in [0, 0.1) is 5.82 Å². The largest absolute Gasteiger partial charge is 0.335 e. The average molecular weight is 236 g/mol. The van der Waals surface area contributed by atoms with Gasteiger partial charge in [-0.3, -0.25) is 4.90 Å². The molecule has 2 aliphatic heterocycles. The summed E-state index contributed by atoms with van der Waals surface area (Å²) in [6.45, 7) is 6.51. The third-order valence-corrected chi connectivity index (χ3v) is 3.81. The van der Waals surface area contributed by atoms with Gasteiger partial charge in [-0.1, -0.05) is 0 Å². The van der Waals surface area contributed by atoms with Gasteiger partial charge in [0, 0.05) is 31.2 Å². The molecule has 0 radical (unpaired) electrons. The van der Waals surface area contributed by atoms with Gasteiger partial charge in [0.15, 0.2) is 5.82 Å². The fourth-order valence-electron chi connectivity index (χ4n) is 3.03. The second-order valence-electron chi connectivity index (χ2n) is 5.19. The number of hydrogen-bond acceptors (Lipinski definition) is 4. The van der Waals surface area contributed by atoms with Gasteiger partial charge in [-0.25, -0.2) is 14.4 Å². The van der Waals surface area contributed by atoms with Crippen molar-refractivity contribution in [3.05, 3.63) is 18.2 Å². The van der Waals surface area contributed by atoms with Gasteiger partial charge in [0.1, 0.15) is 0 Å². The predicted octanol–water partition coefficient (Wildman–Crippen LogP) is 1.29. The first-order valence-electron chi connectivity index (χ1n) is 6.15. The Kier molecular flexibility index (Phi) is 2.50. The molecule has 0 aromatic carbocycles. The summed E-state index contributed by atoms with van der Waals surface area (Å²) < 4.78 is 12.8. The lowest BCUT2D eigenvalue weighted by molar-refractivity contribution is 0.190. The molecule has 17 heavy (non-hydrogen) atoms. The maximum Gasteiger partial charge on any atom is 0.225 e. The molecule has 1 aromatic heterocycles. The van der Waals surface area contributed by atoms with Crippen LogP contribution in [-0.4, -0.2) is 46.1 Å². The molecule has 0 aliphatic carbocycles. The Labute approximate surface area is 100 Å². The summed E-state index contributed by atoms with van der Waals surface area (Å²) in [6, 6.07) is 1.70. The van der Waals surface area contributed by atoms with Crippen LogP contribution >= 0.6 is 0 Å². The average Bonchev–Trinajstić information content (AvgIpc) is 2.89. The van der Waals surface area contributed by atoms with E-state index in [0.29, 0.717) is 24.1 Å². The van der Waals surface area contributed by atoms with Crippen molar-refractivity contribution < 1.29 is 4.39 Å². The highest BCUT2D eigenvalue weighted by Crippen LogP contribution is 2.33. The van der Waals surface area contributed by atoms with E-state index < -0.39 is 0 Å². The third-order valence-electron chi connectivity index (χ3n) is 3.81. The number of anilines is 1. The van der Waals surface area contributed by atoms with E-state index in [9.17, 15) is 4.39 Å². The highest BCUT2D eigenvalue weighted by molar-refractivity contribution is 5.36. The molecule has 1 aromatic rings. The third kappa shape index (κ3) is 1.78. The molecule has 2 saturated heterocycles. The minimum atomic E-state index is -0.373. The maximum absolute atomic E-state index is 12.8. The van der Waals surface area contributed by atoms with Gasteiger partial charge in [0.25, 0.3) is 0 Å². The molecule has 0 spiro atoms. The lowest BCUT2D eigenvalue weighted by Crippen LogP contribution is -2.49. The Morgan fingerprint density at radius 2 is 1.94 bits per heavy atom. The highest BCUT2D eigenvalue weighted by atomic mass is 19.1. The number of hydrogen-bond donors (Lipinski definition) is 0. The molecule has 2 bridgehead atoms. The molecule has 0 N–H and O–H groups in total. The van der Waals surface area contributed by atoms with E-state index >= 15 is 0 Å². The van der Waals surface area contributed by atoms with E-state index in [1.807, 2.05) is 0 Å². The molecule has 2 unspecified atom stereocenters. The topological polar surface area (TPSA) is 32.3 Å². The van der Waals surface area contributed by atoms with Crippen LogP contribution < -0.4 is 4.90 Å². The smallest absolute Gasteiger partial charge is 0.225 e. The van der Waals surface area contributed by atoms with Crippen molar-refractivity contribution >= 4 is 5.95 Å². The minimum absolute atomic E-state index is 0.373. The fourth-order valence-corrected chi connectivity index (χ4v) is 3.03. The molecular weight excluding hydrogens is 219 g/mol. The van der Waals surface area contributed by atoms with Crippen molar-refractivity contribution in [2.75, 3.05) is 18.0 Å². The summed E-state index contributed by atoms with van der Waals surface area (Å²) in [5.41, 5.74) is 0. The van der Waals surface area contributed by atoms with Crippen molar-refractivity contribution in [1.82, 2.24) is 14.9 Å². The van der Waals surface area contributed by atoms with Gasteiger partial charge < -0.3 is 4.90 Å². The van der Waals surface area contributed by atoms with Crippen LogP contribution in [0.15, 0.2) is 12.4 Å². The zero-order chi connectivity index (χ0) is 12.0. The van der Waals surface area contributed by atoms with E-state index in [1.165, 1.54) is 18.8 Å². The van der Waals surface area contributed by atoms with E-state index in [0.717, 1.165) is 13.1 Å². The number of piperazine rings is 1. The lowest BCUT2D eigenvalue weighted by atomic mass is 10.2. The lowest BCUT2D eigenvalue weighted by Gasteiger charge is -2.36. The van der Waals surface area contributed by atoms with Gasteiger partial charge in [-0.05, 0) is 20.3 Å². The van der Waals surface area contributed by atoms with Crippen molar-refractivity contribution in [3.63, 3.8) is 0 Å². The molecule has 3 rings (SSSR count). The number of halogens is 1. The van der Waals surface area contributed by atoms with E-state index in [-0.39, 0.29) is 5.82 Å². The summed E-state index contributed by atoms with van der Waals surface area (Å²) in [6.07, 6.45) is 3.67. The molecule has 0 saturated carbocycles. The van der Waals surface area contributed by atoms with Crippen LogP contribution in [0.4, 0.5) is 10.3 Å². The summed E-state index contributed by atoms with van der Waals surface area (Å²) in [7, 11) is 0. The highest BCUT2D eigenvalue weighted by Gasteiger charge is 2.44. The molecule has 2 atom stereocenters. The molecule has 92 valence electrons. The standard InChI is InChI=1S/C12H17FN4/c1-8(2)16-6-11-3-10(16)7-17(11)12-14-4-9(13)5-15-12/h4-5,8,10-11H,3,6-7H2,1-2H3. The molecular formula is C12H17FN4. The Morgan fingerprint density at radius 1 is 1.24 bits per heavy atom. The molecule has 2 aliphatic rings. The van der Waals surface area contributed by atoms with Gasteiger partial charge in [0.2, 0.25) is 5.95 Å². The number of likely N-dealkylation sites (tertiary alicyclic amines) is 1. The maximum atomic E-state index is 12.8. The molecule has 0 amide bonds. The monoisotopic (exact) mass is 236 g/mol. The van der Waals surface area contributed by atoms with Crippen LogP contribution in [0.3, 0.4) is 0 Å². The first-order valence-corrected chi connectivity index (χ1v) is 6.15. The van der Waals surface area contributed by atoms with Crippen molar-refractivity contribution in [3.8, 4) is 0 Å². The summed E-state index contributed by atoms with van der Waals surface area (Å²) >= 11 is 0. The minimum Gasteiger partial charge on any atom is -0.335 e. The van der Waals surface area contributed by atoms with Gasteiger partial charge in [0.05, 0.1) is 12.4 Å². The van der Waals surface area contributed by atoms with Crippen LogP contribution in [0.25, 0.3) is 0 Å². The van der Waals surface area contributed by atoms with Gasteiger partial charge in [-0.2, -0.15) is 0 Å². The van der Waals surface area contributed by atoms with Crippen molar-refractivity contribution in [2.24, 2.45) is 0 Å². The number of nitrogens with zero attached hydrogens (tertiary/aromatic N) is 4. The van der Waals surface area contributed by atoms with Crippen molar-refractivity contribution in [2.45, 2.75) is 38.4 Å². The summed E-state index contributed by atoms with van der Waals surface area (Å²) in [4.78, 5) is 12.9. The van der Waals surface area contributed by atoms with Crippen LogP contribution in [-0.2, 0) is 0 Å². The Bertz CT molecular complexity index is 405. The Hall–Kier alpha value is -1.23. The second-order valence-corrected chi connectivity index (χ2v) is 5.19. The molecule has 3 heterocycles. The SMILES string of the molecule is CC(C)N1CC2CC1CN2c1ncc(F)cn1. The number of fused-ring (bicyclic) bond motifs is 2. The first-order chi connectivity index (χ1) is 8.15. The fraction of sp³-hybridized carbons (Fsp3) is 0.667. The van der Waals surface area contributed by atoms with E-state index in [2.05, 4.69) is 33.6 Å². The quantitative estimate of drug-likeness (QED) is 0.774. The zero-order valence-electron chi connectivity index (χ0n) is 10.2. The molecule has 2 fully saturated rings. The van der Waals surface area contributed by atoms with Crippen molar-refractivity contribution in [1.29, 1.82) is 0 Å². The van der Waals surface area contributed by atoms with E-state index in [4.69, 9.17) is 0 Å². The summed E-state index contributed by atoms with van der Waals surface area (Å²) in [5, 5.41) is 0. The zero-order valence-corrected chi connectivity index (χ0v) is 10.2. The number of rotatable bonds is 2. The van der Waals surface area contributed by atoms with E-state index in [1.54, 1.807) is 0 Å². The van der Waals surface area contributed by atoms with Crippen LogP contribution in [0.5, 0.6) is 0 Å². The first kappa shape index (κ1) is 10.9. The predicted molar refractivity (Wildman–Crippen MR) is 63.4 cm³/mol. The molecule has 4 nitrogen and oxygen atoms in total. The number of aromatic nitrogens is 2. The van der Waals surface area contributed by atoms with Gasteiger partial charge in [-0.15, -0.1) is 0 Å².